The number of hydrogen-bond acceptors (Lipinski definition) is 3. The molecule has 1 spiro atoms. The van der Waals surface area contributed by atoms with Crippen LogP contribution in [0.1, 0.15) is 44.4 Å². The van der Waals surface area contributed by atoms with Crippen LogP contribution in [0.25, 0.3) is 6.08 Å². The van der Waals surface area contributed by atoms with Crippen LogP contribution in [0.2, 0.25) is 5.15 Å². The van der Waals surface area contributed by atoms with E-state index < -0.39 is 5.97 Å². The molecule has 1 aliphatic heterocycles. The average Bonchev–Trinajstić information content (AvgIpc) is 3.19. The largest absolute Gasteiger partial charge is 0.481 e. The maximum atomic E-state index is 12.6. The van der Waals surface area contributed by atoms with Crippen molar-refractivity contribution in [3.05, 3.63) is 22.5 Å². The first-order chi connectivity index (χ1) is 12.2. The van der Waals surface area contributed by atoms with E-state index in [9.17, 15) is 14.7 Å². The lowest BCUT2D eigenvalue weighted by Gasteiger charge is -2.32. The number of piperidine rings is 1. The van der Waals surface area contributed by atoms with Crippen molar-refractivity contribution in [2.24, 2.45) is 17.3 Å². The zero-order valence-electron chi connectivity index (χ0n) is 15.5. The molecule has 3 rings (SSSR count). The van der Waals surface area contributed by atoms with Crippen LogP contribution >= 0.6 is 11.6 Å². The Bertz CT molecular complexity index is 755. The molecule has 2 fully saturated rings. The van der Waals surface area contributed by atoms with Gasteiger partial charge < -0.3 is 10.0 Å². The van der Waals surface area contributed by atoms with E-state index >= 15 is 0 Å². The van der Waals surface area contributed by atoms with Gasteiger partial charge >= 0.3 is 5.97 Å². The smallest absolute Gasteiger partial charge is 0.307 e. The lowest BCUT2D eigenvalue weighted by Crippen LogP contribution is -2.41. The first-order valence-electron chi connectivity index (χ1n) is 9.16. The predicted octanol–water partition coefficient (Wildman–Crippen LogP) is 3.23. The number of aliphatic carboxylic acids is 1. The summed E-state index contributed by atoms with van der Waals surface area (Å²) in [7, 11) is 0. The predicted molar refractivity (Wildman–Crippen MR) is 99.8 cm³/mol. The summed E-state index contributed by atoms with van der Waals surface area (Å²) in [6.07, 6.45) is 5.70. The number of likely N-dealkylation sites (tertiary alicyclic amines) is 1. The Kier molecular flexibility index (Phi) is 5.15. The van der Waals surface area contributed by atoms with Crippen molar-refractivity contribution in [3.8, 4) is 0 Å². The third-order valence-electron chi connectivity index (χ3n) is 5.45. The van der Waals surface area contributed by atoms with Crippen LogP contribution < -0.4 is 0 Å². The van der Waals surface area contributed by atoms with E-state index in [4.69, 9.17) is 11.6 Å². The number of aryl methyl sites for hydroxylation is 1. The number of carboxylic acids is 1. The maximum Gasteiger partial charge on any atom is 0.307 e. The second-order valence-electron chi connectivity index (χ2n) is 8.02. The molecule has 6 nitrogen and oxygen atoms in total. The van der Waals surface area contributed by atoms with E-state index in [0.717, 1.165) is 30.6 Å². The van der Waals surface area contributed by atoms with E-state index in [-0.39, 0.29) is 17.2 Å². The van der Waals surface area contributed by atoms with Crippen molar-refractivity contribution in [1.82, 2.24) is 14.7 Å². The first kappa shape index (κ1) is 19.0. The summed E-state index contributed by atoms with van der Waals surface area (Å²) in [5.74, 6) is -0.703. The van der Waals surface area contributed by atoms with Crippen LogP contribution in [0.15, 0.2) is 6.08 Å². The molecule has 0 aromatic carbocycles. The molecule has 0 bridgehead atoms. The summed E-state index contributed by atoms with van der Waals surface area (Å²) in [6.45, 7) is 8.02. The number of carbonyl (C=O) groups is 2. The van der Waals surface area contributed by atoms with E-state index in [1.807, 2.05) is 6.92 Å². The van der Waals surface area contributed by atoms with Crippen molar-refractivity contribution >= 4 is 29.6 Å². The van der Waals surface area contributed by atoms with Gasteiger partial charge in [0.25, 0.3) is 0 Å². The summed E-state index contributed by atoms with van der Waals surface area (Å²) in [5, 5.41) is 14.2. The number of hydrogen-bond donors (Lipinski definition) is 1. The molecule has 2 unspecified atom stereocenters. The normalized spacial score (nSPS) is 25.4. The highest BCUT2D eigenvalue weighted by atomic mass is 35.5. The molecular weight excluding hydrogens is 354 g/mol. The first-order valence-corrected chi connectivity index (χ1v) is 9.54. The Hall–Kier alpha value is -1.82. The number of rotatable bonds is 5. The minimum Gasteiger partial charge on any atom is -0.481 e. The summed E-state index contributed by atoms with van der Waals surface area (Å²) in [6, 6.07) is 0. The Morgan fingerprint density at radius 3 is 2.81 bits per heavy atom. The summed E-state index contributed by atoms with van der Waals surface area (Å²) in [5.41, 5.74) is 1.36. The zero-order chi connectivity index (χ0) is 19.1. The van der Waals surface area contributed by atoms with Crippen LogP contribution in [0, 0.1) is 24.2 Å². The molecule has 1 aromatic heterocycles. The van der Waals surface area contributed by atoms with Gasteiger partial charge in [0.05, 0.1) is 11.6 Å². The maximum absolute atomic E-state index is 12.6. The van der Waals surface area contributed by atoms with Gasteiger partial charge in [-0.1, -0.05) is 25.4 Å². The van der Waals surface area contributed by atoms with Crippen molar-refractivity contribution in [2.45, 2.75) is 46.6 Å². The minimum atomic E-state index is -0.741. The number of nitrogens with zero attached hydrogens (tertiary/aromatic N) is 3. The second kappa shape index (κ2) is 7.06. The molecular formula is C19H26ClN3O3. The molecule has 2 atom stereocenters. The van der Waals surface area contributed by atoms with Gasteiger partial charge in [0.1, 0.15) is 5.15 Å². The third kappa shape index (κ3) is 3.65. The summed E-state index contributed by atoms with van der Waals surface area (Å²) < 4.78 is 1.77. The lowest BCUT2D eigenvalue weighted by molar-refractivity contribution is -0.140. The Morgan fingerprint density at radius 1 is 1.46 bits per heavy atom. The van der Waals surface area contributed by atoms with Crippen molar-refractivity contribution in [1.29, 1.82) is 0 Å². The number of aromatic nitrogens is 2. The quantitative estimate of drug-likeness (QED) is 0.797. The second-order valence-corrected chi connectivity index (χ2v) is 8.38. The van der Waals surface area contributed by atoms with Gasteiger partial charge in [-0.25, -0.2) is 0 Å². The molecule has 26 heavy (non-hydrogen) atoms. The highest BCUT2D eigenvalue weighted by Gasteiger charge is 2.59. The van der Waals surface area contributed by atoms with Gasteiger partial charge in [0.2, 0.25) is 5.91 Å². The van der Waals surface area contributed by atoms with Gasteiger partial charge in [-0.05, 0) is 38.2 Å². The van der Waals surface area contributed by atoms with Crippen LogP contribution in [-0.4, -0.2) is 44.8 Å². The molecule has 7 heteroatoms. The SMILES string of the molecule is Cc1nn(CC(C)C)c(Cl)c1/C=C/C(=O)N1CCCC2(CC2C(=O)O)C1. The zero-order valence-corrected chi connectivity index (χ0v) is 16.3. The topological polar surface area (TPSA) is 75.4 Å². The van der Waals surface area contributed by atoms with Crippen molar-refractivity contribution in [3.63, 3.8) is 0 Å². The fourth-order valence-electron chi connectivity index (χ4n) is 3.98. The Morgan fingerprint density at radius 2 is 2.19 bits per heavy atom. The molecule has 2 heterocycles. The van der Waals surface area contributed by atoms with Gasteiger partial charge in [-0.2, -0.15) is 5.10 Å². The van der Waals surface area contributed by atoms with Crippen molar-refractivity contribution in [2.75, 3.05) is 13.1 Å². The number of carboxylic acid groups (broad SMARTS) is 1. The number of carbonyl (C=O) groups excluding carboxylic acids is 1. The monoisotopic (exact) mass is 379 g/mol. The minimum absolute atomic E-state index is 0.0906. The fraction of sp³-hybridized carbons (Fsp3) is 0.632. The van der Waals surface area contributed by atoms with Crippen LogP contribution in [0.5, 0.6) is 0 Å². The Labute approximate surface area is 158 Å². The van der Waals surface area contributed by atoms with E-state index in [2.05, 4.69) is 18.9 Å². The van der Waals surface area contributed by atoms with Crippen LogP contribution in [-0.2, 0) is 16.1 Å². The standard InChI is InChI=1S/C19H26ClN3O3/c1-12(2)10-23-17(20)14(13(3)21-23)5-6-16(24)22-8-4-7-19(11-22)9-15(19)18(25)26/h5-6,12,15H,4,7-11H2,1-3H3,(H,25,26)/b6-5+. The van der Waals surface area contributed by atoms with Gasteiger partial charge in [0, 0.05) is 36.7 Å². The molecule has 0 radical (unpaired) electrons. The third-order valence-corrected chi connectivity index (χ3v) is 5.85. The van der Waals surface area contributed by atoms with Gasteiger partial charge in [-0.15, -0.1) is 0 Å². The molecule has 1 saturated carbocycles. The van der Waals surface area contributed by atoms with E-state index in [1.54, 1.807) is 15.7 Å². The molecule has 1 aromatic rings. The molecule has 142 valence electrons. The number of amides is 1. The van der Waals surface area contributed by atoms with Crippen LogP contribution in [0.3, 0.4) is 0 Å². The molecule has 1 aliphatic carbocycles. The number of halogens is 1. The van der Waals surface area contributed by atoms with E-state index in [1.165, 1.54) is 6.08 Å². The Balaban J connectivity index is 1.68. The van der Waals surface area contributed by atoms with Gasteiger partial charge in [0.15, 0.2) is 0 Å². The molecule has 1 N–H and O–H groups in total. The lowest BCUT2D eigenvalue weighted by atomic mass is 9.92. The summed E-state index contributed by atoms with van der Waals surface area (Å²) in [4.78, 5) is 25.6. The van der Waals surface area contributed by atoms with Crippen LogP contribution in [0.4, 0.5) is 0 Å². The van der Waals surface area contributed by atoms with E-state index in [0.29, 0.717) is 30.6 Å². The highest BCUT2D eigenvalue weighted by molar-refractivity contribution is 6.31. The molecule has 2 aliphatic rings. The molecule has 1 saturated heterocycles. The fourth-order valence-corrected chi connectivity index (χ4v) is 4.29. The highest BCUT2D eigenvalue weighted by Crippen LogP contribution is 2.57. The van der Waals surface area contributed by atoms with Crippen molar-refractivity contribution < 1.29 is 14.7 Å². The average molecular weight is 380 g/mol. The molecule has 1 amide bonds. The van der Waals surface area contributed by atoms with Gasteiger partial charge in [-0.3, -0.25) is 14.3 Å². The summed E-state index contributed by atoms with van der Waals surface area (Å²) >= 11 is 6.41.